The van der Waals surface area contributed by atoms with Gasteiger partial charge in [0.25, 0.3) is 0 Å². The van der Waals surface area contributed by atoms with Crippen LogP contribution in [0.2, 0.25) is 5.02 Å². The fraction of sp³-hybridized carbons (Fsp3) is 0.190. The van der Waals surface area contributed by atoms with E-state index in [9.17, 15) is 4.79 Å². The van der Waals surface area contributed by atoms with Gasteiger partial charge in [0.15, 0.2) is 0 Å². The van der Waals surface area contributed by atoms with Crippen LogP contribution in [-0.2, 0) is 7.05 Å². The number of aromatic nitrogens is 4. The predicted molar refractivity (Wildman–Crippen MR) is 111 cm³/mol. The van der Waals surface area contributed by atoms with Crippen LogP contribution >= 0.6 is 23.4 Å². The third kappa shape index (κ3) is 3.63. The summed E-state index contributed by atoms with van der Waals surface area (Å²) in [4.78, 5) is 16.9. The van der Waals surface area contributed by atoms with Crippen molar-refractivity contribution in [2.24, 2.45) is 7.05 Å². The van der Waals surface area contributed by atoms with E-state index >= 15 is 0 Å². The molecule has 146 valence electrons. The second kappa shape index (κ2) is 7.24. The van der Waals surface area contributed by atoms with Gasteiger partial charge in [-0.3, -0.25) is 0 Å². The van der Waals surface area contributed by atoms with E-state index in [0.717, 1.165) is 32.6 Å². The van der Waals surface area contributed by atoms with Crippen molar-refractivity contribution < 1.29 is 4.42 Å². The first-order chi connectivity index (χ1) is 14.1. The number of rotatable bonds is 5. The molecular weight excluding hydrogens is 408 g/mol. The summed E-state index contributed by atoms with van der Waals surface area (Å²) in [6.07, 6.45) is 2.77. The lowest BCUT2D eigenvalue weighted by atomic mass is 10.1. The number of imidazole rings is 1. The van der Waals surface area contributed by atoms with Crippen LogP contribution in [0.3, 0.4) is 0 Å². The Balaban J connectivity index is 1.37. The van der Waals surface area contributed by atoms with Gasteiger partial charge in [0, 0.05) is 28.4 Å². The van der Waals surface area contributed by atoms with Crippen LogP contribution in [0.5, 0.6) is 0 Å². The Morgan fingerprint density at radius 3 is 2.59 bits per heavy atom. The molecule has 1 aliphatic rings. The molecule has 0 amide bonds. The van der Waals surface area contributed by atoms with Crippen molar-refractivity contribution >= 4 is 23.4 Å². The summed E-state index contributed by atoms with van der Waals surface area (Å²) in [5, 5.41) is 8.08. The summed E-state index contributed by atoms with van der Waals surface area (Å²) in [6, 6.07) is 16.2. The number of hydrogen-bond donors (Lipinski definition) is 1. The lowest BCUT2D eigenvalue weighted by Gasteiger charge is -2.07. The number of hydrogen-bond acceptors (Lipinski definition) is 5. The maximum absolute atomic E-state index is 11.1. The topological polar surface area (TPSA) is 76.7 Å². The van der Waals surface area contributed by atoms with E-state index in [4.69, 9.17) is 16.0 Å². The van der Waals surface area contributed by atoms with Crippen LogP contribution in [-0.4, -0.2) is 19.7 Å². The van der Waals surface area contributed by atoms with Crippen molar-refractivity contribution in [3.63, 3.8) is 0 Å². The molecule has 0 bridgehead atoms. The van der Waals surface area contributed by atoms with E-state index in [1.54, 1.807) is 11.8 Å². The van der Waals surface area contributed by atoms with Crippen molar-refractivity contribution in [3.05, 3.63) is 81.9 Å². The summed E-state index contributed by atoms with van der Waals surface area (Å²) >= 11 is 7.66. The van der Waals surface area contributed by atoms with E-state index < -0.39 is 5.76 Å². The summed E-state index contributed by atoms with van der Waals surface area (Å²) in [7, 11) is 2.00. The third-order valence-corrected chi connectivity index (χ3v) is 6.52. The van der Waals surface area contributed by atoms with Crippen molar-refractivity contribution in [1.82, 2.24) is 19.7 Å². The molecule has 2 aromatic heterocycles. The number of halogens is 1. The molecule has 0 spiro atoms. The first-order valence-electron chi connectivity index (χ1n) is 9.19. The highest BCUT2D eigenvalue weighted by Crippen LogP contribution is 2.54. The van der Waals surface area contributed by atoms with Crippen LogP contribution in [0, 0.1) is 0 Å². The molecule has 5 rings (SSSR count). The summed E-state index contributed by atoms with van der Waals surface area (Å²) in [5.41, 5.74) is 3.23. The molecule has 8 heteroatoms. The summed E-state index contributed by atoms with van der Waals surface area (Å²) in [6.45, 7) is 0. The lowest BCUT2D eigenvalue weighted by molar-refractivity contribution is 0.461. The van der Waals surface area contributed by atoms with Gasteiger partial charge in [0.2, 0.25) is 5.89 Å². The minimum Gasteiger partial charge on any atom is -0.392 e. The molecule has 2 heterocycles. The molecule has 1 N–H and O–H groups in total. The van der Waals surface area contributed by atoms with Crippen LogP contribution in [0.15, 0.2) is 74.0 Å². The minimum atomic E-state index is -0.498. The van der Waals surface area contributed by atoms with Crippen molar-refractivity contribution in [2.45, 2.75) is 28.2 Å². The number of aromatic amines is 1. The molecular formula is C21H17ClN4O2S. The standard InChI is InChI=1S/C21H17ClN4O2S/c1-26-11-23-18(20(26)29-15-8-6-14(22)7-9-15)13-4-2-12(3-5-13)16-10-17(16)19-24-25-21(27)28-19/h2-9,11,16-17H,10H2,1H3,(H,25,27)/t16-,17+/m1/s1. The number of aryl methyl sites for hydroxylation is 1. The molecule has 1 fully saturated rings. The molecule has 0 unspecified atom stereocenters. The summed E-state index contributed by atoms with van der Waals surface area (Å²) in [5.74, 6) is 0.505. The SMILES string of the molecule is Cn1cnc(-c2ccc([C@H]3C[C@@H]3c3n[nH]c(=O)o3)cc2)c1Sc1ccc(Cl)cc1. The molecule has 1 saturated carbocycles. The average Bonchev–Trinajstić information content (AvgIpc) is 3.28. The van der Waals surface area contributed by atoms with E-state index in [-0.39, 0.29) is 5.92 Å². The third-order valence-electron chi connectivity index (χ3n) is 5.09. The van der Waals surface area contributed by atoms with Crippen molar-refractivity contribution in [2.75, 3.05) is 0 Å². The van der Waals surface area contributed by atoms with Gasteiger partial charge in [-0.15, -0.1) is 5.10 Å². The van der Waals surface area contributed by atoms with Gasteiger partial charge in [-0.2, -0.15) is 0 Å². The predicted octanol–water partition coefficient (Wildman–Crippen LogP) is 4.84. The van der Waals surface area contributed by atoms with Crippen LogP contribution in [0.25, 0.3) is 11.3 Å². The first kappa shape index (κ1) is 18.3. The highest BCUT2D eigenvalue weighted by Gasteiger charge is 2.43. The normalized spacial score (nSPS) is 18.1. The molecule has 0 aliphatic heterocycles. The Morgan fingerprint density at radius 1 is 1.14 bits per heavy atom. The second-order valence-electron chi connectivity index (χ2n) is 7.09. The van der Waals surface area contributed by atoms with E-state index in [2.05, 4.69) is 39.4 Å². The largest absolute Gasteiger partial charge is 0.434 e. The highest BCUT2D eigenvalue weighted by molar-refractivity contribution is 7.99. The molecule has 29 heavy (non-hydrogen) atoms. The molecule has 2 aromatic carbocycles. The monoisotopic (exact) mass is 424 g/mol. The molecule has 1 aliphatic carbocycles. The number of H-pyrrole nitrogens is 1. The van der Waals surface area contributed by atoms with E-state index in [1.807, 2.05) is 42.2 Å². The lowest BCUT2D eigenvalue weighted by Crippen LogP contribution is -1.93. The van der Waals surface area contributed by atoms with Crippen molar-refractivity contribution in [3.8, 4) is 11.3 Å². The van der Waals surface area contributed by atoms with E-state index in [1.165, 1.54) is 5.56 Å². The van der Waals surface area contributed by atoms with Gasteiger partial charge in [0.1, 0.15) is 10.7 Å². The fourth-order valence-corrected chi connectivity index (χ4v) is 4.56. The molecule has 0 radical (unpaired) electrons. The van der Waals surface area contributed by atoms with Crippen LogP contribution in [0.4, 0.5) is 0 Å². The molecule has 6 nitrogen and oxygen atoms in total. The Morgan fingerprint density at radius 2 is 1.90 bits per heavy atom. The van der Waals surface area contributed by atoms with Gasteiger partial charge in [0.05, 0.1) is 6.33 Å². The zero-order chi connectivity index (χ0) is 20.0. The number of nitrogens with zero attached hydrogens (tertiary/aromatic N) is 3. The zero-order valence-corrected chi connectivity index (χ0v) is 17.1. The van der Waals surface area contributed by atoms with Crippen molar-refractivity contribution in [1.29, 1.82) is 0 Å². The fourth-order valence-electron chi connectivity index (χ4n) is 3.48. The minimum absolute atomic E-state index is 0.172. The maximum atomic E-state index is 11.1. The smallest absolute Gasteiger partial charge is 0.392 e. The molecule has 4 aromatic rings. The Hall–Kier alpha value is -2.77. The summed E-state index contributed by atoms with van der Waals surface area (Å²) < 4.78 is 7.12. The molecule has 0 saturated heterocycles. The highest BCUT2D eigenvalue weighted by atomic mass is 35.5. The van der Waals surface area contributed by atoms with Gasteiger partial charge < -0.3 is 8.98 Å². The van der Waals surface area contributed by atoms with Gasteiger partial charge in [-0.1, -0.05) is 47.6 Å². The number of benzene rings is 2. The second-order valence-corrected chi connectivity index (χ2v) is 8.59. The number of nitrogens with one attached hydrogen (secondary N) is 1. The Labute approximate surface area is 175 Å². The van der Waals surface area contributed by atoms with Gasteiger partial charge >= 0.3 is 5.76 Å². The maximum Gasteiger partial charge on any atom is 0.434 e. The average molecular weight is 425 g/mol. The van der Waals surface area contributed by atoms with Gasteiger partial charge in [-0.05, 0) is 42.2 Å². The van der Waals surface area contributed by atoms with E-state index in [0.29, 0.717) is 11.8 Å². The Kier molecular flexibility index (Phi) is 4.56. The first-order valence-corrected chi connectivity index (χ1v) is 10.4. The van der Waals surface area contributed by atoms with Crippen LogP contribution < -0.4 is 5.76 Å². The molecule has 2 atom stereocenters. The van der Waals surface area contributed by atoms with Crippen LogP contribution in [0.1, 0.15) is 29.7 Å². The Bertz CT molecular complexity index is 1210. The van der Waals surface area contributed by atoms with Gasteiger partial charge in [-0.25, -0.2) is 14.9 Å². The zero-order valence-electron chi connectivity index (χ0n) is 15.5. The quantitative estimate of drug-likeness (QED) is 0.496.